The van der Waals surface area contributed by atoms with Crippen molar-refractivity contribution in [1.29, 1.82) is 0 Å². The lowest BCUT2D eigenvalue weighted by atomic mass is 10.0. The van der Waals surface area contributed by atoms with Gasteiger partial charge in [-0.3, -0.25) is 19.3 Å². The molecule has 5 rings (SSSR count). The Labute approximate surface area is 192 Å². The Morgan fingerprint density at radius 2 is 1.64 bits per heavy atom. The molecule has 2 aliphatic rings. The van der Waals surface area contributed by atoms with E-state index < -0.39 is 0 Å². The standard InChI is InChI=1S/C27H24N2O4/c1-33-21-13-11-19(12-14-21)24-10-5-15-28(24)25(30)20-7-4-6-18(16-20)17-29-26(31)22-8-2-3-9-23(22)27(29)32/h2-4,6-9,11-14,16,24H,5,10,15,17H2,1H3. The van der Waals surface area contributed by atoms with E-state index in [-0.39, 0.29) is 30.3 Å². The number of rotatable bonds is 5. The number of fused-ring (bicyclic) bond motifs is 1. The van der Waals surface area contributed by atoms with Gasteiger partial charge in [0.05, 0.1) is 30.8 Å². The maximum absolute atomic E-state index is 13.4. The normalized spacial score (nSPS) is 17.4. The number of ether oxygens (including phenoxy) is 1. The first-order chi connectivity index (χ1) is 16.1. The van der Waals surface area contributed by atoms with E-state index in [1.165, 1.54) is 4.90 Å². The van der Waals surface area contributed by atoms with Crippen molar-refractivity contribution in [2.24, 2.45) is 0 Å². The molecule has 6 heteroatoms. The van der Waals surface area contributed by atoms with Gasteiger partial charge >= 0.3 is 0 Å². The van der Waals surface area contributed by atoms with Crippen LogP contribution in [0.1, 0.15) is 61.1 Å². The molecule has 0 aliphatic carbocycles. The zero-order valence-electron chi connectivity index (χ0n) is 18.4. The number of nitrogens with zero attached hydrogens (tertiary/aromatic N) is 2. The average molecular weight is 440 g/mol. The molecule has 0 saturated carbocycles. The summed E-state index contributed by atoms with van der Waals surface area (Å²) in [6, 6.07) is 21.9. The second kappa shape index (κ2) is 8.54. The van der Waals surface area contributed by atoms with E-state index >= 15 is 0 Å². The second-order valence-electron chi connectivity index (χ2n) is 8.37. The van der Waals surface area contributed by atoms with Crippen LogP contribution in [0.2, 0.25) is 0 Å². The van der Waals surface area contributed by atoms with Crippen LogP contribution in [0.4, 0.5) is 0 Å². The minimum absolute atomic E-state index is 0.0169. The lowest BCUT2D eigenvalue weighted by Gasteiger charge is -2.25. The Morgan fingerprint density at radius 3 is 2.30 bits per heavy atom. The smallest absolute Gasteiger partial charge is 0.261 e. The van der Waals surface area contributed by atoms with E-state index in [0.717, 1.165) is 29.7 Å². The van der Waals surface area contributed by atoms with E-state index in [1.54, 1.807) is 49.6 Å². The minimum atomic E-state index is -0.300. The van der Waals surface area contributed by atoms with Crippen LogP contribution in [0.25, 0.3) is 0 Å². The molecule has 3 aromatic rings. The van der Waals surface area contributed by atoms with Crippen molar-refractivity contribution in [3.8, 4) is 5.75 Å². The fraction of sp³-hybridized carbons (Fsp3) is 0.222. The van der Waals surface area contributed by atoms with Crippen molar-refractivity contribution in [1.82, 2.24) is 9.80 Å². The zero-order chi connectivity index (χ0) is 22.9. The Balaban J connectivity index is 1.35. The van der Waals surface area contributed by atoms with E-state index in [0.29, 0.717) is 23.2 Å². The van der Waals surface area contributed by atoms with E-state index in [1.807, 2.05) is 35.2 Å². The highest BCUT2D eigenvalue weighted by molar-refractivity contribution is 6.21. The highest BCUT2D eigenvalue weighted by atomic mass is 16.5. The maximum Gasteiger partial charge on any atom is 0.261 e. The Kier molecular flexibility index (Phi) is 5.42. The number of benzene rings is 3. The van der Waals surface area contributed by atoms with Gasteiger partial charge in [-0.05, 0) is 60.4 Å². The van der Waals surface area contributed by atoms with Crippen LogP contribution >= 0.6 is 0 Å². The van der Waals surface area contributed by atoms with Crippen molar-refractivity contribution in [3.05, 3.63) is 101 Å². The van der Waals surface area contributed by atoms with Crippen molar-refractivity contribution < 1.29 is 19.1 Å². The van der Waals surface area contributed by atoms with Crippen LogP contribution in [0, 0.1) is 0 Å². The molecule has 1 unspecified atom stereocenters. The lowest BCUT2D eigenvalue weighted by molar-refractivity contribution is 0.0642. The van der Waals surface area contributed by atoms with Crippen LogP contribution in [-0.4, -0.2) is 41.2 Å². The summed E-state index contributed by atoms with van der Waals surface area (Å²) in [7, 11) is 1.63. The highest BCUT2D eigenvalue weighted by Crippen LogP contribution is 2.34. The molecule has 0 radical (unpaired) electrons. The summed E-state index contributed by atoms with van der Waals surface area (Å²) >= 11 is 0. The van der Waals surface area contributed by atoms with Crippen LogP contribution in [0.3, 0.4) is 0 Å². The molecule has 0 spiro atoms. The number of methoxy groups -OCH3 is 1. The third kappa shape index (κ3) is 3.78. The van der Waals surface area contributed by atoms with Crippen LogP contribution in [0.5, 0.6) is 5.75 Å². The summed E-state index contributed by atoms with van der Waals surface area (Å²) < 4.78 is 5.25. The molecule has 2 heterocycles. The van der Waals surface area contributed by atoms with Crippen LogP contribution in [0.15, 0.2) is 72.8 Å². The van der Waals surface area contributed by atoms with Gasteiger partial charge in [0.2, 0.25) is 0 Å². The second-order valence-corrected chi connectivity index (χ2v) is 8.37. The summed E-state index contributed by atoms with van der Waals surface area (Å²) in [5, 5.41) is 0. The molecule has 0 bridgehead atoms. The van der Waals surface area contributed by atoms with Gasteiger partial charge in [-0.1, -0.05) is 36.4 Å². The van der Waals surface area contributed by atoms with Gasteiger partial charge in [0.25, 0.3) is 17.7 Å². The fourth-order valence-electron chi connectivity index (χ4n) is 4.72. The Morgan fingerprint density at radius 1 is 0.939 bits per heavy atom. The molecule has 166 valence electrons. The molecule has 33 heavy (non-hydrogen) atoms. The summed E-state index contributed by atoms with van der Waals surface area (Å²) in [6.45, 7) is 0.827. The maximum atomic E-state index is 13.4. The molecule has 1 atom stereocenters. The first-order valence-electron chi connectivity index (χ1n) is 11.1. The highest BCUT2D eigenvalue weighted by Gasteiger charge is 2.35. The average Bonchev–Trinajstić information content (AvgIpc) is 3.44. The largest absolute Gasteiger partial charge is 0.497 e. The number of imide groups is 1. The third-order valence-electron chi connectivity index (χ3n) is 6.41. The molecular formula is C27H24N2O4. The summed E-state index contributed by atoms with van der Waals surface area (Å²) in [4.78, 5) is 42.0. The quantitative estimate of drug-likeness (QED) is 0.549. The predicted molar refractivity (Wildman–Crippen MR) is 123 cm³/mol. The Bertz CT molecular complexity index is 1200. The van der Waals surface area contributed by atoms with Crippen LogP contribution in [-0.2, 0) is 6.54 Å². The fourth-order valence-corrected chi connectivity index (χ4v) is 4.72. The number of amides is 3. The molecule has 6 nitrogen and oxygen atoms in total. The molecule has 2 aliphatic heterocycles. The van der Waals surface area contributed by atoms with Gasteiger partial charge in [0.1, 0.15) is 5.75 Å². The van der Waals surface area contributed by atoms with Gasteiger partial charge in [-0.15, -0.1) is 0 Å². The summed E-state index contributed by atoms with van der Waals surface area (Å²) in [5.41, 5.74) is 3.24. The number of carbonyl (C=O) groups is 3. The van der Waals surface area contributed by atoms with Gasteiger partial charge in [0, 0.05) is 12.1 Å². The van der Waals surface area contributed by atoms with Crippen molar-refractivity contribution >= 4 is 17.7 Å². The first-order valence-corrected chi connectivity index (χ1v) is 11.1. The predicted octanol–water partition coefficient (Wildman–Crippen LogP) is 4.47. The van der Waals surface area contributed by atoms with Gasteiger partial charge in [-0.2, -0.15) is 0 Å². The SMILES string of the molecule is COc1ccc(C2CCCN2C(=O)c2cccc(CN3C(=O)c4ccccc4C3=O)c2)cc1. The molecular weight excluding hydrogens is 416 g/mol. The van der Waals surface area contributed by atoms with Crippen molar-refractivity contribution in [2.45, 2.75) is 25.4 Å². The van der Waals surface area contributed by atoms with Gasteiger partial charge in [-0.25, -0.2) is 0 Å². The number of hydrogen-bond acceptors (Lipinski definition) is 4. The topological polar surface area (TPSA) is 66.9 Å². The first kappa shape index (κ1) is 20.9. The molecule has 1 saturated heterocycles. The number of hydrogen-bond donors (Lipinski definition) is 0. The minimum Gasteiger partial charge on any atom is -0.497 e. The summed E-state index contributed by atoms with van der Waals surface area (Å²) in [6.07, 6.45) is 1.85. The molecule has 0 aromatic heterocycles. The monoisotopic (exact) mass is 440 g/mol. The molecule has 0 N–H and O–H groups in total. The van der Waals surface area contributed by atoms with E-state index in [9.17, 15) is 14.4 Å². The molecule has 1 fully saturated rings. The Hall–Kier alpha value is -3.93. The third-order valence-corrected chi connectivity index (χ3v) is 6.41. The van der Waals surface area contributed by atoms with E-state index in [4.69, 9.17) is 4.74 Å². The van der Waals surface area contributed by atoms with E-state index in [2.05, 4.69) is 0 Å². The van der Waals surface area contributed by atoms with Crippen LogP contribution < -0.4 is 4.74 Å². The zero-order valence-corrected chi connectivity index (χ0v) is 18.4. The van der Waals surface area contributed by atoms with Gasteiger partial charge < -0.3 is 9.64 Å². The molecule has 3 amide bonds. The number of carbonyl (C=O) groups excluding carboxylic acids is 3. The van der Waals surface area contributed by atoms with Crippen molar-refractivity contribution in [2.75, 3.05) is 13.7 Å². The summed E-state index contributed by atoms with van der Waals surface area (Å²) in [5.74, 6) is 0.144. The van der Waals surface area contributed by atoms with Gasteiger partial charge in [0.15, 0.2) is 0 Å². The number of likely N-dealkylation sites (tertiary alicyclic amines) is 1. The lowest BCUT2D eigenvalue weighted by Crippen LogP contribution is -2.31. The molecule has 3 aromatic carbocycles. The van der Waals surface area contributed by atoms with Crippen molar-refractivity contribution in [3.63, 3.8) is 0 Å².